The number of benzene rings is 2. The summed E-state index contributed by atoms with van der Waals surface area (Å²) in [7, 11) is 0. The molecule has 0 unspecified atom stereocenters. The fourth-order valence-electron chi connectivity index (χ4n) is 2.00. The first-order valence-electron chi connectivity index (χ1n) is 6.72. The summed E-state index contributed by atoms with van der Waals surface area (Å²) in [6.45, 7) is 1.70. The van der Waals surface area contributed by atoms with Gasteiger partial charge in [0.25, 0.3) is 0 Å². The second kappa shape index (κ2) is 5.77. The van der Waals surface area contributed by atoms with Gasteiger partial charge in [-0.3, -0.25) is 5.43 Å². The van der Waals surface area contributed by atoms with Gasteiger partial charge in [-0.25, -0.2) is 4.39 Å². The normalized spacial score (nSPS) is 15.6. The van der Waals surface area contributed by atoms with Crippen molar-refractivity contribution >= 4 is 22.9 Å². The molecule has 3 rings (SSSR count). The molecule has 0 amide bonds. The third-order valence-corrected chi connectivity index (χ3v) is 3.24. The molecule has 2 aromatic rings. The van der Waals surface area contributed by atoms with Crippen molar-refractivity contribution in [2.75, 3.05) is 5.43 Å². The number of hydrogen-bond donors (Lipinski definition) is 2. The van der Waals surface area contributed by atoms with Crippen molar-refractivity contribution in [3.63, 3.8) is 0 Å². The molecule has 0 bridgehead atoms. The van der Waals surface area contributed by atoms with Gasteiger partial charge in [-0.05, 0) is 30.7 Å². The van der Waals surface area contributed by atoms with Crippen LogP contribution in [0.25, 0.3) is 0 Å². The fraction of sp³-hybridized carbons (Fsp3) is 0.0625. The van der Waals surface area contributed by atoms with Gasteiger partial charge in [0.15, 0.2) is 11.5 Å². The molecule has 6 heteroatoms. The summed E-state index contributed by atoms with van der Waals surface area (Å²) in [6, 6.07) is 14.3. The second-order valence-corrected chi connectivity index (χ2v) is 4.84. The zero-order valence-electron chi connectivity index (χ0n) is 11.9. The predicted octanol–water partition coefficient (Wildman–Crippen LogP) is 2.68. The number of nitrogens with zero attached hydrogens (tertiary/aromatic N) is 3. The molecule has 5 nitrogen and oxygen atoms in total. The molecule has 0 fully saturated rings. The molecule has 0 saturated heterocycles. The summed E-state index contributed by atoms with van der Waals surface area (Å²) in [5.74, 6) is -0.111. The van der Waals surface area contributed by atoms with Crippen LogP contribution in [0.1, 0.15) is 11.1 Å². The molecule has 0 spiro atoms. The Kier molecular flexibility index (Phi) is 3.65. The Bertz CT molecular complexity index is 793. The number of para-hydroxylation sites is 1. The van der Waals surface area contributed by atoms with Crippen molar-refractivity contribution < 1.29 is 4.39 Å². The van der Waals surface area contributed by atoms with Crippen LogP contribution in [0.3, 0.4) is 0 Å². The van der Waals surface area contributed by atoms with E-state index in [0.29, 0.717) is 22.6 Å². The summed E-state index contributed by atoms with van der Waals surface area (Å²) in [4.78, 5) is 0. The minimum atomic E-state index is -0.305. The number of hydrogen-bond acceptors (Lipinski definition) is 5. The molecule has 0 radical (unpaired) electrons. The lowest BCUT2D eigenvalue weighted by Crippen LogP contribution is -2.28. The van der Waals surface area contributed by atoms with Gasteiger partial charge in [-0.2, -0.15) is 5.10 Å². The lowest BCUT2D eigenvalue weighted by Gasteiger charge is -2.06. The van der Waals surface area contributed by atoms with Gasteiger partial charge in [0, 0.05) is 5.56 Å². The van der Waals surface area contributed by atoms with E-state index in [1.54, 1.807) is 19.1 Å². The first kappa shape index (κ1) is 13.9. The van der Waals surface area contributed by atoms with Gasteiger partial charge >= 0.3 is 0 Å². The largest absolute Gasteiger partial charge is 0.380 e. The molecular weight excluding hydrogens is 281 g/mol. The zero-order valence-corrected chi connectivity index (χ0v) is 11.9. The lowest BCUT2D eigenvalue weighted by molar-refractivity contribution is 0.618. The zero-order chi connectivity index (χ0) is 15.5. The SMILES string of the molecule is Cc1ccc(C2=NN=C(N)/C2=N/Nc2ccccc2)cc1F. The van der Waals surface area contributed by atoms with Gasteiger partial charge in [0.05, 0.1) is 5.69 Å². The van der Waals surface area contributed by atoms with Crippen LogP contribution in [0.15, 0.2) is 63.8 Å². The molecule has 0 saturated carbocycles. The van der Waals surface area contributed by atoms with Crippen LogP contribution < -0.4 is 11.2 Å². The third kappa shape index (κ3) is 2.71. The Labute approximate surface area is 127 Å². The van der Waals surface area contributed by atoms with Gasteiger partial charge in [-0.15, -0.1) is 10.2 Å². The number of anilines is 1. The molecule has 2 aromatic carbocycles. The van der Waals surface area contributed by atoms with Crippen LogP contribution in [0.4, 0.5) is 10.1 Å². The highest BCUT2D eigenvalue weighted by Gasteiger charge is 2.22. The van der Waals surface area contributed by atoms with Gasteiger partial charge in [-0.1, -0.05) is 30.3 Å². The summed E-state index contributed by atoms with van der Waals surface area (Å²) in [5.41, 5.74) is 11.5. The van der Waals surface area contributed by atoms with Crippen LogP contribution in [-0.4, -0.2) is 17.3 Å². The number of nitrogens with two attached hydrogens (primary N) is 1. The van der Waals surface area contributed by atoms with Gasteiger partial charge in [0.2, 0.25) is 0 Å². The van der Waals surface area contributed by atoms with Crippen LogP contribution in [-0.2, 0) is 0 Å². The van der Waals surface area contributed by atoms with Crippen molar-refractivity contribution in [2.24, 2.45) is 21.0 Å². The predicted molar refractivity (Wildman–Crippen MR) is 86.8 cm³/mol. The van der Waals surface area contributed by atoms with Crippen LogP contribution in [0, 0.1) is 12.7 Å². The molecule has 3 N–H and O–H groups in total. The third-order valence-electron chi connectivity index (χ3n) is 3.24. The molecule has 1 aliphatic rings. The van der Waals surface area contributed by atoms with Crippen molar-refractivity contribution in [1.82, 2.24) is 0 Å². The van der Waals surface area contributed by atoms with E-state index in [4.69, 9.17) is 5.73 Å². The topological polar surface area (TPSA) is 75.1 Å². The maximum Gasteiger partial charge on any atom is 0.176 e. The van der Waals surface area contributed by atoms with E-state index in [1.807, 2.05) is 30.3 Å². The van der Waals surface area contributed by atoms with E-state index in [0.717, 1.165) is 5.69 Å². The van der Waals surface area contributed by atoms with Crippen molar-refractivity contribution in [3.05, 3.63) is 65.5 Å². The highest BCUT2D eigenvalue weighted by molar-refractivity contribution is 6.72. The number of nitrogens with one attached hydrogen (secondary N) is 1. The molecule has 0 aromatic heterocycles. The molecular formula is C16H14FN5. The first-order chi connectivity index (χ1) is 10.6. The molecule has 110 valence electrons. The molecule has 1 heterocycles. The summed E-state index contributed by atoms with van der Waals surface area (Å²) in [5, 5.41) is 12.1. The molecule has 0 aliphatic carbocycles. The van der Waals surface area contributed by atoms with E-state index in [9.17, 15) is 4.39 Å². The lowest BCUT2D eigenvalue weighted by atomic mass is 10.0. The fourth-order valence-corrected chi connectivity index (χ4v) is 2.00. The summed E-state index contributed by atoms with van der Waals surface area (Å²) >= 11 is 0. The highest BCUT2D eigenvalue weighted by atomic mass is 19.1. The summed E-state index contributed by atoms with van der Waals surface area (Å²) in [6.07, 6.45) is 0. The first-order valence-corrected chi connectivity index (χ1v) is 6.72. The number of amidine groups is 1. The monoisotopic (exact) mass is 295 g/mol. The van der Waals surface area contributed by atoms with E-state index >= 15 is 0 Å². The Balaban J connectivity index is 1.90. The Morgan fingerprint density at radius 3 is 2.59 bits per heavy atom. The number of rotatable bonds is 3. The van der Waals surface area contributed by atoms with Crippen LogP contribution >= 0.6 is 0 Å². The maximum atomic E-state index is 13.7. The Hall–Kier alpha value is -3.02. The van der Waals surface area contributed by atoms with Crippen LogP contribution in [0.2, 0.25) is 0 Å². The van der Waals surface area contributed by atoms with E-state index in [1.165, 1.54) is 6.07 Å². The average molecular weight is 295 g/mol. The smallest absolute Gasteiger partial charge is 0.176 e. The number of halogens is 1. The molecule has 0 atom stereocenters. The molecule has 1 aliphatic heterocycles. The maximum absolute atomic E-state index is 13.7. The van der Waals surface area contributed by atoms with E-state index < -0.39 is 0 Å². The minimum Gasteiger partial charge on any atom is -0.380 e. The second-order valence-electron chi connectivity index (χ2n) is 4.84. The average Bonchev–Trinajstić information content (AvgIpc) is 2.90. The van der Waals surface area contributed by atoms with Crippen molar-refractivity contribution in [3.8, 4) is 0 Å². The van der Waals surface area contributed by atoms with Crippen molar-refractivity contribution in [2.45, 2.75) is 6.92 Å². The quantitative estimate of drug-likeness (QED) is 0.854. The molecule has 22 heavy (non-hydrogen) atoms. The number of aryl methyl sites for hydroxylation is 1. The van der Waals surface area contributed by atoms with Gasteiger partial charge in [0.1, 0.15) is 11.5 Å². The van der Waals surface area contributed by atoms with E-state index in [2.05, 4.69) is 20.7 Å². The van der Waals surface area contributed by atoms with Crippen molar-refractivity contribution in [1.29, 1.82) is 0 Å². The summed E-state index contributed by atoms with van der Waals surface area (Å²) < 4.78 is 13.7. The Morgan fingerprint density at radius 2 is 1.86 bits per heavy atom. The highest BCUT2D eigenvalue weighted by Crippen LogP contribution is 2.14. The number of hydrazone groups is 1. The van der Waals surface area contributed by atoms with Gasteiger partial charge < -0.3 is 5.73 Å². The standard InChI is InChI=1S/C16H14FN5/c1-10-7-8-11(9-13(10)17)14-15(16(18)22-20-14)21-19-12-5-3-2-4-6-12/h2-9,19H,1H3,(H2,18,21,22). The minimum absolute atomic E-state index is 0.194. The van der Waals surface area contributed by atoms with E-state index in [-0.39, 0.29) is 11.7 Å². The van der Waals surface area contributed by atoms with Crippen LogP contribution in [0.5, 0.6) is 0 Å². The Morgan fingerprint density at radius 1 is 1.09 bits per heavy atom.